The summed E-state index contributed by atoms with van der Waals surface area (Å²) in [6, 6.07) is 72.6. The number of aromatic nitrogens is 7. The lowest BCUT2D eigenvalue weighted by molar-refractivity contribution is 0.739. The summed E-state index contributed by atoms with van der Waals surface area (Å²) in [6.07, 6.45) is 8.99. The second-order valence-corrected chi connectivity index (χ2v) is 18.2. The van der Waals surface area contributed by atoms with Crippen molar-refractivity contribution in [2.75, 3.05) is 4.90 Å². The summed E-state index contributed by atoms with van der Waals surface area (Å²) in [5.74, 6) is 3.54. The molecule has 2 aliphatic rings. The highest BCUT2D eigenvalue weighted by atomic mass is 15.2. The van der Waals surface area contributed by atoms with Crippen molar-refractivity contribution in [3.63, 3.8) is 0 Å². The molecule has 13 aromatic rings. The lowest BCUT2D eigenvalue weighted by atomic mass is 9.91. The largest absolute Gasteiger partial charge is 0.318 e. The third kappa shape index (κ3) is 5.64. The molecule has 0 bridgehead atoms. The number of allylic oxidation sites excluding steroid dienone is 2. The Hall–Kier alpha value is -9.40. The predicted molar refractivity (Wildman–Crippen MR) is 285 cm³/mol. The quantitative estimate of drug-likeness (QED) is 0.166. The molecule has 0 saturated heterocycles. The van der Waals surface area contributed by atoms with Crippen molar-refractivity contribution in [2.24, 2.45) is 0 Å². The standard InChI is InChI=1S/C62H40N8/c1-7-27-50-39(17-1)40-18-2-8-28-51(40)67(50)57-33-13-23-46(63-57)47-25-15-35-59(65-47)69-55-32-12-6-22-45(55)61-56(69)38-37-44-43-21-5-11-31-54(43)70(62(44)61)60-36-16-26-49(66-60)48-24-14-34-58(64-48)68-52-29-9-3-19-41(52)42-20-4-10-30-53(42)68/h1-38,43,54H. The number of fused-ring (bicyclic) bond motifs is 13. The third-order valence-electron chi connectivity index (χ3n) is 14.4. The Bertz CT molecular complexity index is 4250. The van der Waals surface area contributed by atoms with Crippen LogP contribution < -0.4 is 4.90 Å². The molecule has 1 aliphatic carbocycles. The lowest BCUT2D eigenvalue weighted by Crippen LogP contribution is -2.29. The van der Waals surface area contributed by atoms with E-state index < -0.39 is 0 Å². The number of nitrogens with zero attached hydrogens (tertiary/aromatic N) is 8. The van der Waals surface area contributed by atoms with Gasteiger partial charge in [-0.15, -0.1) is 0 Å². The number of hydrogen-bond acceptors (Lipinski definition) is 5. The normalized spacial score (nSPS) is 15.3. The van der Waals surface area contributed by atoms with E-state index in [0.717, 1.165) is 90.2 Å². The van der Waals surface area contributed by atoms with Gasteiger partial charge in [0.25, 0.3) is 0 Å². The average molecular weight is 897 g/mol. The molecule has 6 aromatic carbocycles. The van der Waals surface area contributed by atoms with E-state index in [-0.39, 0.29) is 12.0 Å². The fourth-order valence-electron chi connectivity index (χ4n) is 11.5. The number of hydrogen-bond donors (Lipinski definition) is 0. The van der Waals surface area contributed by atoms with Gasteiger partial charge in [-0.05, 0) is 90.5 Å². The Kier molecular flexibility index (Phi) is 8.32. The Morgan fingerprint density at radius 2 is 0.671 bits per heavy atom. The van der Waals surface area contributed by atoms with Crippen LogP contribution in [0.4, 0.5) is 11.5 Å². The van der Waals surface area contributed by atoms with Gasteiger partial charge in [-0.25, -0.2) is 19.9 Å². The van der Waals surface area contributed by atoms with Crippen LogP contribution in [0.25, 0.3) is 106 Å². The van der Waals surface area contributed by atoms with E-state index in [9.17, 15) is 0 Å². The highest BCUT2D eigenvalue weighted by molar-refractivity contribution is 6.17. The van der Waals surface area contributed by atoms with Gasteiger partial charge in [0.15, 0.2) is 0 Å². The molecule has 1 aliphatic heterocycles. The Labute approximate surface area is 402 Å². The van der Waals surface area contributed by atoms with Crippen LogP contribution in [0.3, 0.4) is 0 Å². The average Bonchev–Trinajstić information content (AvgIpc) is 4.16. The van der Waals surface area contributed by atoms with E-state index in [1.165, 1.54) is 32.5 Å². The first-order valence-electron chi connectivity index (χ1n) is 23.8. The number of rotatable bonds is 6. The van der Waals surface area contributed by atoms with E-state index in [1.54, 1.807) is 0 Å². The minimum absolute atomic E-state index is 0.0294. The molecule has 0 amide bonds. The summed E-state index contributed by atoms with van der Waals surface area (Å²) in [7, 11) is 0. The lowest BCUT2D eigenvalue weighted by Gasteiger charge is -2.28. The first-order valence-corrected chi connectivity index (χ1v) is 23.8. The number of para-hydroxylation sites is 5. The van der Waals surface area contributed by atoms with Gasteiger partial charge in [0.05, 0.1) is 67.6 Å². The van der Waals surface area contributed by atoms with Crippen molar-refractivity contribution >= 4 is 76.9 Å². The SMILES string of the molecule is C1=CC2c3ccc4c(c3N(c3cccc(-c5cccc(-n6c7ccccc7c7ccccc76)n5)n3)C2C=C1)c1ccccc1n4-c1cccc(-c2cccc(-n3c4ccccc4c4ccccc43)n2)n1. The topological polar surface area (TPSA) is 69.6 Å². The van der Waals surface area contributed by atoms with Gasteiger partial charge in [0.2, 0.25) is 0 Å². The van der Waals surface area contributed by atoms with E-state index >= 15 is 0 Å². The van der Waals surface area contributed by atoms with Crippen LogP contribution in [0.1, 0.15) is 11.5 Å². The van der Waals surface area contributed by atoms with Gasteiger partial charge in [0, 0.05) is 38.2 Å². The Morgan fingerprint density at radius 3 is 1.14 bits per heavy atom. The minimum Gasteiger partial charge on any atom is -0.318 e. The summed E-state index contributed by atoms with van der Waals surface area (Å²) in [5, 5.41) is 7.14. The van der Waals surface area contributed by atoms with E-state index in [2.05, 4.69) is 249 Å². The van der Waals surface area contributed by atoms with Crippen molar-refractivity contribution in [1.29, 1.82) is 0 Å². The van der Waals surface area contributed by atoms with Gasteiger partial charge in [-0.3, -0.25) is 13.7 Å². The fourth-order valence-corrected chi connectivity index (χ4v) is 11.5. The molecule has 2 unspecified atom stereocenters. The smallest absolute Gasteiger partial charge is 0.138 e. The van der Waals surface area contributed by atoms with Gasteiger partial charge >= 0.3 is 0 Å². The minimum atomic E-state index is 0.0294. The number of anilines is 2. The Morgan fingerprint density at radius 1 is 0.300 bits per heavy atom. The summed E-state index contributed by atoms with van der Waals surface area (Å²) in [6.45, 7) is 0. The molecule has 0 N–H and O–H groups in total. The van der Waals surface area contributed by atoms with Crippen LogP contribution in [0.5, 0.6) is 0 Å². The summed E-state index contributed by atoms with van der Waals surface area (Å²) < 4.78 is 6.83. The molecule has 0 radical (unpaired) electrons. The van der Waals surface area contributed by atoms with Crippen molar-refractivity contribution in [2.45, 2.75) is 12.0 Å². The second-order valence-electron chi connectivity index (χ2n) is 18.2. The van der Waals surface area contributed by atoms with Crippen LogP contribution in [-0.2, 0) is 0 Å². The summed E-state index contributed by atoms with van der Waals surface area (Å²) in [5.41, 5.74) is 12.3. The first kappa shape index (κ1) is 38.7. The zero-order valence-corrected chi connectivity index (χ0v) is 37.7. The third-order valence-corrected chi connectivity index (χ3v) is 14.4. The zero-order chi connectivity index (χ0) is 45.9. The second kappa shape index (κ2) is 15.1. The molecule has 0 spiro atoms. The molecular weight excluding hydrogens is 857 g/mol. The maximum atomic E-state index is 5.49. The highest BCUT2D eigenvalue weighted by Crippen LogP contribution is 2.53. The van der Waals surface area contributed by atoms with Crippen LogP contribution in [-0.4, -0.2) is 39.7 Å². The molecule has 15 rings (SSSR count). The van der Waals surface area contributed by atoms with Crippen LogP contribution >= 0.6 is 0 Å². The van der Waals surface area contributed by atoms with Gasteiger partial charge < -0.3 is 4.90 Å². The maximum absolute atomic E-state index is 5.49. The monoisotopic (exact) mass is 896 g/mol. The first-order chi connectivity index (χ1) is 34.7. The zero-order valence-electron chi connectivity index (χ0n) is 37.7. The molecule has 0 fully saturated rings. The van der Waals surface area contributed by atoms with Crippen LogP contribution in [0.2, 0.25) is 0 Å². The summed E-state index contributed by atoms with van der Waals surface area (Å²) in [4.78, 5) is 24.0. The molecule has 8 heterocycles. The Balaban J connectivity index is 0.865. The highest BCUT2D eigenvalue weighted by Gasteiger charge is 2.40. The molecule has 8 heteroatoms. The summed E-state index contributed by atoms with van der Waals surface area (Å²) >= 11 is 0. The van der Waals surface area contributed by atoms with E-state index in [0.29, 0.717) is 0 Å². The predicted octanol–water partition coefficient (Wildman–Crippen LogP) is 14.6. The van der Waals surface area contributed by atoms with Gasteiger partial charge in [-0.1, -0.05) is 146 Å². The molecule has 328 valence electrons. The van der Waals surface area contributed by atoms with E-state index in [1.807, 2.05) is 0 Å². The number of pyridine rings is 4. The number of benzene rings is 6. The van der Waals surface area contributed by atoms with Crippen molar-refractivity contribution in [1.82, 2.24) is 33.6 Å². The molecule has 8 nitrogen and oxygen atoms in total. The molecule has 70 heavy (non-hydrogen) atoms. The molecular formula is C62H40N8. The maximum Gasteiger partial charge on any atom is 0.138 e. The van der Waals surface area contributed by atoms with Crippen molar-refractivity contribution in [3.8, 4) is 40.2 Å². The van der Waals surface area contributed by atoms with Crippen molar-refractivity contribution in [3.05, 3.63) is 236 Å². The van der Waals surface area contributed by atoms with Crippen LogP contribution in [0, 0.1) is 0 Å². The molecule has 0 saturated carbocycles. The van der Waals surface area contributed by atoms with E-state index in [4.69, 9.17) is 19.9 Å². The van der Waals surface area contributed by atoms with Gasteiger partial charge in [-0.2, -0.15) is 0 Å². The molecule has 7 aromatic heterocycles. The fraction of sp³-hybridized carbons (Fsp3) is 0.0323. The van der Waals surface area contributed by atoms with Crippen molar-refractivity contribution < 1.29 is 0 Å². The van der Waals surface area contributed by atoms with Gasteiger partial charge in [0.1, 0.15) is 23.3 Å². The van der Waals surface area contributed by atoms with Crippen LogP contribution in [0.15, 0.2) is 231 Å². The molecule has 2 atom stereocenters.